The van der Waals surface area contributed by atoms with E-state index >= 15 is 0 Å². The molecule has 4 heteroatoms. The zero-order valence-corrected chi connectivity index (χ0v) is 12.9. The summed E-state index contributed by atoms with van der Waals surface area (Å²) in [4.78, 5) is 1.27. The number of nitrogens with two attached hydrogens (primary N) is 1. The first-order valence-corrected chi connectivity index (χ1v) is 7.86. The summed E-state index contributed by atoms with van der Waals surface area (Å²) in [5, 5.41) is 0. The summed E-state index contributed by atoms with van der Waals surface area (Å²) in [5.41, 5.74) is 6.72. The van der Waals surface area contributed by atoms with Crippen molar-refractivity contribution in [3.8, 4) is 5.75 Å². The standard InChI is InChI=1S/C15H16BrNOS/c16-15-7-6-13(10-12(15)11-17)18-8-9-19-14-4-2-1-3-5-14/h1-7,10H,8-9,11,17H2. The van der Waals surface area contributed by atoms with Crippen LogP contribution in [-0.4, -0.2) is 12.4 Å². The van der Waals surface area contributed by atoms with E-state index in [1.54, 1.807) is 11.8 Å². The number of benzene rings is 2. The third-order valence-corrected chi connectivity index (χ3v) is 4.35. The van der Waals surface area contributed by atoms with Gasteiger partial charge in [-0.3, -0.25) is 0 Å². The highest BCUT2D eigenvalue weighted by Crippen LogP contribution is 2.23. The molecule has 0 aliphatic heterocycles. The minimum absolute atomic E-state index is 0.510. The van der Waals surface area contributed by atoms with Gasteiger partial charge in [-0.25, -0.2) is 0 Å². The molecule has 0 heterocycles. The van der Waals surface area contributed by atoms with Crippen molar-refractivity contribution in [2.24, 2.45) is 5.73 Å². The van der Waals surface area contributed by atoms with E-state index < -0.39 is 0 Å². The Morgan fingerprint density at radius 3 is 2.63 bits per heavy atom. The van der Waals surface area contributed by atoms with E-state index in [1.807, 2.05) is 36.4 Å². The fourth-order valence-corrected chi connectivity index (χ4v) is 2.79. The lowest BCUT2D eigenvalue weighted by Crippen LogP contribution is -2.02. The second kappa shape index (κ2) is 7.58. The summed E-state index contributed by atoms with van der Waals surface area (Å²) in [6.07, 6.45) is 0. The smallest absolute Gasteiger partial charge is 0.119 e. The van der Waals surface area contributed by atoms with Gasteiger partial charge >= 0.3 is 0 Å². The number of rotatable bonds is 6. The van der Waals surface area contributed by atoms with E-state index in [9.17, 15) is 0 Å². The Morgan fingerprint density at radius 1 is 1.11 bits per heavy atom. The first-order valence-electron chi connectivity index (χ1n) is 6.09. The molecule has 0 spiro atoms. The average Bonchev–Trinajstić information content (AvgIpc) is 2.46. The number of hydrogen-bond donors (Lipinski definition) is 1. The van der Waals surface area contributed by atoms with Gasteiger partial charge in [-0.05, 0) is 35.9 Å². The normalized spacial score (nSPS) is 10.4. The molecule has 19 heavy (non-hydrogen) atoms. The lowest BCUT2D eigenvalue weighted by atomic mass is 10.2. The van der Waals surface area contributed by atoms with E-state index in [1.165, 1.54) is 4.90 Å². The molecule has 0 unspecified atom stereocenters. The highest BCUT2D eigenvalue weighted by molar-refractivity contribution is 9.10. The number of thioether (sulfide) groups is 1. The topological polar surface area (TPSA) is 35.2 Å². The summed E-state index contributed by atoms with van der Waals surface area (Å²) in [5.74, 6) is 1.80. The molecule has 0 aliphatic rings. The monoisotopic (exact) mass is 337 g/mol. The van der Waals surface area contributed by atoms with Crippen LogP contribution in [0.3, 0.4) is 0 Å². The molecular weight excluding hydrogens is 322 g/mol. The van der Waals surface area contributed by atoms with Crippen LogP contribution in [0.2, 0.25) is 0 Å². The number of hydrogen-bond acceptors (Lipinski definition) is 3. The second-order valence-corrected chi connectivity index (χ2v) is 5.99. The maximum absolute atomic E-state index is 5.73. The van der Waals surface area contributed by atoms with Gasteiger partial charge in [0.15, 0.2) is 0 Å². The zero-order valence-electron chi connectivity index (χ0n) is 10.5. The SMILES string of the molecule is NCc1cc(OCCSc2ccccc2)ccc1Br. The lowest BCUT2D eigenvalue weighted by molar-refractivity contribution is 0.343. The predicted molar refractivity (Wildman–Crippen MR) is 84.7 cm³/mol. The Morgan fingerprint density at radius 2 is 1.89 bits per heavy atom. The van der Waals surface area contributed by atoms with Crippen molar-refractivity contribution in [1.82, 2.24) is 0 Å². The summed E-state index contributed by atoms with van der Waals surface area (Å²) < 4.78 is 6.76. The van der Waals surface area contributed by atoms with Crippen LogP contribution in [0.5, 0.6) is 5.75 Å². The van der Waals surface area contributed by atoms with Crippen LogP contribution in [0.25, 0.3) is 0 Å². The number of ether oxygens (including phenoxy) is 1. The van der Waals surface area contributed by atoms with Gasteiger partial charge in [-0.15, -0.1) is 11.8 Å². The van der Waals surface area contributed by atoms with Gasteiger partial charge in [0.05, 0.1) is 6.61 Å². The fourth-order valence-electron chi connectivity index (χ4n) is 1.63. The summed E-state index contributed by atoms with van der Waals surface area (Å²) in [7, 11) is 0. The van der Waals surface area contributed by atoms with Crippen molar-refractivity contribution in [1.29, 1.82) is 0 Å². The van der Waals surface area contributed by atoms with Crippen LogP contribution in [0.15, 0.2) is 57.9 Å². The third-order valence-electron chi connectivity index (χ3n) is 2.60. The molecule has 0 bridgehead atoms. The Balaban J connectivity index is 1.80. The van der Waals surface area contributed by atoms with Crippen LogP contribution in [-0.2, 0) is 6.54 Å². The highest BCUT2D eigenvalue weighted by atomic mass is 79.9. The van der Waals surface area contributed by atoms with Crippen molar-refractivity contribution in [3.63, 3.8) is 0 Å². The number of halogens is 1. The van der Waals surface area contributed by atoms with Crippen molar-refractivity contribution in [2.45, 2.75) is 11.4 Å². The van der Waals surface area contributed by atoms with Gasteiger partial charge in [0.1, 0.15) is 5.75 Å². The highest BCUT2D eigenvalue weighted by Gasteiger charge is 2.01. The molecule has 2 nitrogen and oxygen atoms in total. The van der Waals surface area contributed by atoms with E-state index in [2.05, 4.69) is 28.1 Å². The molecule has 0 radical (unpaired) electrons. The molecule has 0 fully saturated rings. The Bertz CT molecular complexity index is 519. The van der Waals surface area contributed by atoms with Crippen LogP contribution >= 0.6 is 27.7 Å². The first kappa shape index (κ1) is 14.4. The molecule has 0 saturated heterocycles. The van der Waals surface area contributed by atoms with Gasteiger partial charge in [0.2, 0.25) is 0 Å². The summed E-state index contributed by atoms with van der Waals surface area (Å²) >= 11 is 5.26. The minimum Gasteiger partial charge on any atom is -0.493 e. The van der Waals surface area contributed by atoms with Gasteiger partial charge in [-0.1, -0.05) is 34.1 Å². The summed E-state index contributed by atoms with van der Waals surface area (Å²) in [6.45, 7) is 1.20. The van der Waals surface area contributed by atoms with Crippen molar-refractivity contribution in [3.05, 3.63) is 58.6 Å². The first-order chi connectivity index (χ1) is 9.29. The quantitative estimate of drug-likeness (QED) is 0.637. The van der Waals surface area contributed by atoms with Crippen molar-refractivity contribution in [2.75, 3.05) is 12.4 Å². The van der Waals surface area contributed by atoms with Crippen molar-refractivity contribution < 1.29 is 4.74 Å². The average molecular weight is 338 g/mol. The van der Waals surface area contributed by atoms with Gasteiger partial charge in [-0.2, -0.15) is 0 Å². The molecule has 2 aromatic rings. The molecule has 0 atom stereocenters. The largest absolute Gasteiger partial charge is 0.493 e. The van der Waals surface area contributed by atoms with Crippen LogP contribution in [0.4, 0.5) is 0 Å². The lowest BCUT2D eigenvalue weighted by Gasteiger charge is -2.08. The third kappa shape index (κ3) is 4.56. The fraction of sp³-hybridized carbons (Fsp3) is 0.200. The van der Waals surface area contributed by atoms with Crippen molar-refractivity contribution >= 4 is 27.7 Å². The Kier molecular flexibility index (Phi) is 5.76. The zero-order chi connectivity index (χ0) is 13.5. The van der Waals surface area contributed by atoms with Gasteiger partial charge < -0.3 is 10.5 Å². The molecule has 0 aliphatic carbocycles. The molecule has 2 N–H and O–H groups in total. The van der Waals surface area contributed by atoms with Crippen LogP contribution < -0.4 is 10.5 Å². The molecular formula is C15H16BrNOS. The van der Waals surface area contributed by atoms with E-state index in [0.717, 1.165) is 21.5 Å². The Labute approximate surface area is 126 Å². The predicted octanol–water partition coefficient (Wildman–Crippen LogP) is 4.08. The van der Waals surface area contributed by atoms with Gasteiger partial charge in [0, 0.05) is 21.7 Å². The van der Waals surface area contributed by atoms with E-state index in [4.69, 9.17) is 10.5 Å². The molecule has 0 amide bonds. The van der Waals surface area contributed by atoms with Crippen LogP contribution in [0.1, 0.15) is 5.56 Å². The molecule has 2 aromatic carbocycles. The van der Waals surface area contributed by atoms with Gasteiger partial charge in [0.25, 0.3) is 0 Å². The molecule has 2 rings (SSSR count). The maximum Gasteiger partial charge on any atom is 0.119 e. The summed E-state index contributed by atoms with van der Waals surface area (Å²) in [6, 6.07) is 16.2. The molecule has 100 valence electrons. The second-order valence-electron chi connectivity index (χ2n) is 3.97. The van der Waals surface area contributed by atoms with E-state index in [0.29, 0.717) is 13.2 Å². The molecule has 0 saturated carbocycles. The van der Waals surface area contributed by atoms with E-state index in [-0.39, 0.29) is 0 Å². The maximum atomic E-state index is 5.73. The molecule has 0 aromatic heterocycles. The minimum atomic E-state index is 0.510. The van der Waals surface area contributed by atoms with Crippen LogP contribution in [0, 0.1) is 0 Å². The Hall–Kier alpha value is -0.970.